The molecule has 29 heavy (non-hydrogen) atoms. The maximum Gasteiger partial charge on any atom is 0.311 e. The molecular weight excluding hydrogens is 372 g/mol. The first kappa shape index (κ1) is 19.1. The highest BCUT2D eigenvalue weighted by atomic mass is 16.5. The number of carbonyl (C=O) groups excluding carboxylic acids is 1. The Bertz CT molecular complexity index is 1160. The monoisotopic (exact) mass is 394 g/mol. The fraction of sp³-hybridized carbons (Fsp3) is 0.304. The van der Waals surface area contributed by atoms with Crippen LogP contribution in [-0.2, 0) is 4.79 Å². The van der Waals surface area contributed by atoms with Crippen molar-refractivity contribution in [3.8, 4) is 28.4 Å². The molecule has 3 aromatic rings. The maximum atomic E-state index is 13.3. The molecule has 1 unspecified atom stereocenters. The summed E-state index contributed by atoms with van der Waals surface area (Å²) in [5, 5.41) is 10.7. The fourth-order valence-corrected chi connectivity index (χ4v) is 4.05. The van der Waals surface area contributed by atoms with Gasteiger partial charge in [0, 0.05) is 23.1 Å². The van der Waals surface area contributed by atoms with E-state index in [1.807, 2.05) is 6.07 Å². The second kappa shape index (κ2) is 7.28. The first-order valence-electron chi connectivity index (χ1n) is 9.56. The van der Waals surface area contributed by atoms with Crippen LogP contribution in [0.2, 0.25) is 0 Å². The first-order valence-corrected chi connectivity index (χ1v) is 9.56. The lowest BCUT2D eigenvalue weighted by atomic mass is 9.84. The minimum Gasteiger partial charge on any atom is -0.507 e. The number of hydrogen-bond acceptors (Lipinski definition) is 6. The number of phenols is 1. The molecule has 0 aliphatic carbocycles. The van der Waals surface area contributed by atoms with Gasteiger partial charge < -0.3 is 19.0 Å². The smallest absolute Gasteiger partial charge is 0.311 e. The number of phenolic OH excluding ortho intramolecular Hbond substituents is 1. The third-order valence-electron chi connectivity index (χ3n) is 5.23. The highest BCUT2D eigenvalue weighted by Crippen LogP contribution is 2.45. The summed E-state index contributed by atoms with van der Waals surface area (Å²) in [4.78, 5) is 25.3. The van der Waals surface area contributed by atoms with Crippen LogP contribution < -0.4 is 14.9 Å². The molecule has 0 saturated carbocycles. The maximum absolute atomic E-state index is 13.3. The predicted molar refractivity (Wildman–Crippen MR) is 109 cm³/mol. The Morgan fingerprint density at radius 3 is 2.69 bits per heavy atom. The number of aromatic hydroxyl groups is 1. The Balaban J connectivity index is 1.99. The van der Waals surface area contributed by atoms with Crippen LogP contribution >= 0.6 is 0 Å². The number of carbonyl (C=O) groups is 1. The molecule has 0 amide bonds. The van der Waals surface area contributed by atoms with Crippen molar-refractivity contribution in [1.29, 1.82) is 0 Å². The minimum atomic E-state index is -0.365. The highest BCUT2D eigenvalue weighted by molar-refractivity contribution is 5.94. The van der Waals surface area contributed by atoms with E-state index in [0.29, 0.717) is 28.4 Å². The van der Waals surface area contributed by atoms with Gasteiger partial charge in [-0.05, 0) is 18.4 Å². The SMILES string of the molecule is COc1ccccc1-c1coc2c3c(cc(O)c2c1=O)OC(=O)CC3CC(C)C. The Morgan fingerprint density at radius 1 is 1.21 bits per heavy atom. The van der Waals surface area contributed by atoms with Gasteiger partial charge >= 0.3 is 5.97 Å². The van der Waals surface area contributed by atoms with Crippen LogP contribution in [0.1, 0.15) is 38.2 Å². The van der Waals surface area contributed by atoms with E-state index in [4.69, 9.17) is 13.9 Å². The van der Waals surface area contributed by atoms with Gasteiger partial charge in [-0.25, -0.2) is 0 Å². The summed E-state index contributed by atoms with van der Waals surface area (Å²) in [6, 6.07) is 8.46. The van der Waals surface area contributed by atoms with Crippen LogP contribution in [-0.4, -0.2) is 18.2 Å². The Morgan fingerprint density at radius 2 is 1.97 bits per heavy atom. The first-order chi connectivity index (χ1) is 13.9. The van der Waals surface area contributed by atoms with Gasteiger partial charge in [0.15, 0.2) is 0 Å². The number of rotatable bonds is 4. The second-order valence-corrected chi connectivity index (χ2v) is 7.70. The van der Waals surface area contributed by atoms with Gasteiger partial charge in [0.25, 0.3) is 0 Å². The average molecular weight is 394 g/mol. The normalized spacial score (nSPS) is 16.0. The van der Waals surface area contributed by atoms with Crippen molar-refractivity contribution in [3.63, 3.8) is 0 Å². The molecule has 1 aliphatic rings. The molecule has 1 aliphatic heterocycles. The van der Waals surface area contributed by atoms with Crippen molar-refractivity contribution in [3.05, 3.63) is 52.4 Å². The lowest BCUT2D eigenvalue weighted by molar-refractivity contribution is -0.136. The molecular formula is C23H22O6. The number of esters is 1. The third kappa shape index (κ3) is 3.24. The molecule has 4 rings (SSSR count). The molecule has 0 saturated heterocycles. The van der Waals surface area contributed by atoms with Crippen molar-refractivity contribution in [1.82, 2.24) is 0 Å². The number of methoxy groups -OCH3 is 1. The van der Waals surface area contributed by atoms with E-state index in [9.17, 15) is 14.7 Å². The molecule has 1 atom stereocenters. The summed E-state index contributed by atoms with van der Waals surface area (Å²) in [6.07, 6.45) is 2.33. The van der Waals surface area contributed by atoms with Crippen molar-refractivity contribution in [2.75, 3.05) is 7.11 Å². The Labute approximate surface area is 167 Å². The molecule has 0 bridgehead atoms. The standard InChI is InChI=1S/C23H22O6/c1-12(2)8-13-9-19(25)29-18-10-16(24)21-22(26)15(11-28-23(21)20(13)18)14-6-4-5-7-17(14)27-3/h4-7,10-13,24H,8-9H2,1-3H3. The van der Waals surface area contributed by atoms with Gasteiger partial charge in [-0.15, -0.1) is 0 Å². The van der Waals surface area contributed by atoms with Crippen LogP contribution in [0.15, 0.2) is 45.8 Å². The second-order valence-electron chi connectivity index (χ2n) is 7.70. The summed E-state index contributed by atoms with van der Waals surface area (Å²) in [6.45, 7) is 4.14. The van der Waals surface area contributed by atoms with Crippen molar-refractivity contribution in [2.45, 2.75) is 32.6 Å². The molecule has 1 N–H and O–H groups in total. The minimum absolute atomic E-state index is 0.0823. The van der Waals surface area contributed by atoms with Crippen LogP contribution in [0, 0.1) is 5.92 Å². The van der Waals surface area contributed by atoms with E-state index in [1.165, 1.54) is 19.4 Å². The summed E-state index contributed by atoms with van der Waals surface area (Å²) >= 11 is 0. The molecule has 0 radical (unpaired) electrons. The average Bonchev–Trinajstić information content (AvgIpc) is 2.67. The molecule has 1 aromatic heterocycles. The van der Waals surface area contributed by atoms with E-state index in [-0.39, 0.29) is 46.2 Å². The molecule has 6 nitrogen and oxygen atoms in total. The molecule has 2 aromatic carbocycles. The number of ether oxygens (including phenoxy) is 2. The fourth-order valence-electron chi connectivity index (χ4n) is 4.05. The van der Waals surface area contributed by atoms with Gasteiger partial charge in [0.05, 0.1) is 19.1 Å². The van der Waals surface area contributed by atoms with E-state index < -0.39 is 0 Å². The van der Waals surface area contributed by atoms with E-state index in [2.05, 4.69) is 13.8 Å². The summed E-state index contributed by atoms with van der Waals surface area (Å²) in [5.74, 6) is 0.349. The predicted octanol–water partition coefficient (Wildman–Crippen LogP) is 4.61. The molecule has 2 heterocycles. The van der Waals surface area contributed by atoms with Crippen molar-refractivity contribution >= 4 is 16.9 Å². The lowest BCUT2D eigenvalue weighted by Crippen LogP contribution is -2.22. The summed E-state index contributed by atoms with van der Waals surface area (Å²) < 4.78 is 16.6. The van der Waals surface area contributed by atoms with E-state index in [1.54, 1.807) is 18.2 Å². The zero-order valence-corrected chi connectivity index (χ0v) is 16.5. The van der Waals surface area contributed by atoms with Gasteiger partial charge in [0.2, 0.25) is 5.43 Å². The largest absolute Gasteiger partial charge is 0.507 e. The van der Waals surface area contributed by atoms with E-state index >= 15 is 0 Å². The van der Waals surface area contributed by atoms with Crippen LogP contribution in [0.3, 0.4) is 0 Å². The quantitative estimate of drug-likeness (QED) is 0.514. The highest BCUT2D eigenvalue weighted by Gasteiger charge is 2.33. The van der Waals surface area contributed by atoms with Crippen LogP contribution in [0.4, 0.5) is 0 Å². The number of hydrogen-bond donors (Lipinski definition) is 1. The van der Waals surface area contributed by atoms with Gasteiger partial charge in [-0.1, -0.05) is 32.0 Å². The number of benzene rings is 2. The zero-order valence-electron chi connectivity index (χ0n) is 16.5. The number of fused-ring (bicyclic) bond motifs is 3. The van der Waals surface area contributed by atoms with Crippen molar-refractivity contribution < 1.29 is 23.8 Å². The van der Waals surface area contributed by atoms with Crippen molar-refractivity contribution in [2.24, 2.45) is 5.92 Å². The summed E-state index contributed by atoms with van der Waals surface area (Å²) in [7, 11) is 1.53. The van der Waals surface area contributed by atoms with Gasteiger partial charge in [-0.3, -0.25) is 9.59 Å². The lowest BCUT2D eigenvalue weighted by Gasteiger charge is -2.26. The number of para-hydroxylation sites is 1. The van der Waals surface area contributed by atoms with Gasteiger partial charge in [-0.2, -0.15) is 0 Å². The Hall–Kier alpha value is -3.28. The van der Waals surface area contributed by atoms with E-state index in [0.717, 1.165) is 6.42 Å². The Kier molecular flexibility index (Phi) is 4.78. The summed E-state index contributed by atoms with van der Waals surface area (Å²) in [5.41, 5.74) is 1.43. The molecule has 6 heteroatoms. The zero-order chi connectivity index (χ0) is 20.7. The van der Waals surface area contributed by atoms with Gasteiger partial charge in [0.1, 0.15) is 34.5 Å². The van der Waals surface area contributed by atoms with Crippen LogP contribution in [0.5, 0.6) is 17.2 Å². The third-order valence-corrected chi connectivity index (χ3v) is 5.23. The van der Waals surface area contributed by atoms with Crippen LogP contribution in [0.25, 0.3) is 22.1 Å². The molecule has 150 valence electrons. The molecule has 0 spiro atoms. The topological polar surface area (TPSA) is 86.0 Å². The molecule has 0 fully saturated rings.